The lowest BCUT2D eigenvalue weighted by molar-refractivity contribution is 1.07. The molecule has 13 heavy (non-hydrogen) atoms. The van der Waals surface area contributed by atoms with Crippen LogP contribution in [0, 0.1) is 0 Å². The topological polar surface area (TPSA) is 37.1 Å². The average molecular weight is 175 g/mol. The van der Waals surface area contributed by atoms with Gasteiger partial charge in [0.05, 0.1) is 0 Å². The van der Waals surface area contributed by atoms with Gasteiger partial charge in [0.1, 0.15) is 5.70 Å². The minimum atomic E-state index is 0.650. The molecule has 0 aromatic rings. The largest absolute Gasteiger partial charge is 0.251 e. The van der Waals surface area contributed by atoms with Crippen LogP contribution in [-0.2, 0) is 0 Å². The zero-order valence-electron chi connectivity index (χ0n) is 7.99. The molecule has 0 atom stereocenters. The van der Waals surface area contributed by atoms with Crippen molar-refractivity contribution in [1.29, 1.82) is 0 Å². The van der Waals surface area contributed by atoms with E-state index in [-0.39, 0.29) is 0 Å². The molecule has 0 N–H and O–H groups in total. The summed E-state index contributed by atoms with van der Waals surface area (Å²) in [6.45, 7) is 7.66. The second-order valence-corrected chi connectivity index (χ2v) is 2.67. The monoisotopic (exact) mass is 175 g/mol. The molecule has 0 aliphatic carbocycles. The fourth-order valence-corrected chi connectivity index (χ4v) is 0.980. The van der Waals surface area contributed by atoms with E-state index in [9.17, 15) is 0 Å². The second-order valence-electron chi connectivity index (χ2n) is 2.67. The van der Waals surface area contributed by atoms with Crippen LogP contribution >= 0.6 is 0 Å². The van der Waals surface area contributed by atoms with Crippen molar-refractivity contribution >= 4 is 18.3 Å². The molecule has 0 fully saturated rings. The minimum Gasteiger partial charge on any atom is -0.251 e. The molecule has 0 saturated carbocycles. The standard InChI is InChI=1S/C10H13N3/c1-4-8(3)9-10(11-5-2)13-7-6-12-9/h5-7H,2,4H2,1,3H3/b9-8+,11-10?. The summed E-state index contributed by atoms with van der Waals surface area (Å²) in [6, 6.07) is 0. The van der Waals surface area contributed by atoms with Crippen molar-refractivity contribution in [2.45, 2.75) is 20.3 Å². The van der Waals surface area contributed by atoms with Crippen molar-refractivity contribution in [2.75, 3.05) is 0 Å². The van der Waals surface area contributed by atoms with Crippen LogP contribution in [0.1, 0.15) is 20.3 Å². The van der Waals surface area contributed by atoms with Gasteiger partial charge in [0, 0.05) is 18.6 Å². The Morgan fingerprint density at radius 2 is 2.23 bits per heavy atom. The summed E-state index contributed by atoms with van der Waals surface area (Å²) in [4.78, 5) is 12.4. The van der Waals surface area contributed by atoms with Crippen molar-refractivity contribution in [2.24, 2.45) is 15.0 Å². The van der Waals surface area contributed by atoms with E-state index in [1.165, 1.54) is 11.8 Å². The molecule has 1 aliphatic heterocycles. The maximum atomic E-state index is 4.23. The third-order valence-corrected chi connectivity index (χ3v) is 1.83. The number of allylic oxidation sites excluding steroid dienone is 1. The third kappa shape index (κ3) is 2.21. The zero-order chi connectivity index (χ0) is 9.68. The molecule has 0 radical (unpaired) electrons. The first-order valence-electron chi connectivity index (χ1n) is 4.25. The molecule has 0 bridgehead atoms. The minimum absolute atomic E-state index is 0.650. The molecule has 0 aromatic heterocycles. The molecular weight excluding hydrogens is 162 g/mol. The van der Waals surface area contributed by atoms with Crippen LogP contribution in [0.3, 0.4) is 0 Å². The van der Waals surface area contributed by atoms with Gasteiger partial charge in [-0.2, -0.15) is 0 Å². The number of rotatable bonds is 2. The predicted octanol–water partition coefficient (Wildman–Crippen LogP) is 2.37. The molecule has 3 nitrogen and oxygen atoms in total. The van der Waals surface area contributed by atoms with Gasteiger partial charge in [-0.15, -0.1) is 0 Å². The smallest absolute Gasteiger partial charge is 0.178 e. The Balaban J connectivity index is 3.09. The summed E-state index contributed by atoms with van der Waals surface area (Å²) in [5.74, 6) is 0.650. The second kappa shape index (κ2) is 4.50. The average Bonchev–Trinajstić information content (AvgIpc) is 2.18. The summed E-state index contributed by atoms with van der Waals surface area (Å²) < 4.78 is 0. The predicted molar refractivity (Wildman–Crippen MR) is 57.6 cm³/mol. The van der Waals surface area contributed by atoms with Crippen LogP contribution in [0.4, 0.5) is 0 Å². The number of aliphatic imine (C=N–C) groups is 3. The highest BCUT2D eigenvalue weighted by molar-refractivity contribution is 6.24. The van der Waals surface area contributed by atoms with Gasteiger partial charge < -0.3 is 0 Å². The van der Waals surface area contributed by atoms with Gasteiger partial charge in [0.2, 0.25) is 0 Å². The van der Waals surface area contributed by atoms with Gasteiger partial charge in [-0.05, 0) is 18.9 Å². The SMILES string of the molecule is C=CN=C1N=CC=N/C1=C(\C)CC. The van der Waals surface area contributed by atoms with E-state index in [0.717, 1.165) is 12.1 Å². The Morgan fingerprint density at radius 3 is 2.85 bits per heavy atom. The van der Waals surface area contributed by atoms with Gasteiger partial charge in [-0.25, -0.2) is 9.98 Å². The highest BCUT2D eigenvalue weighted by Crippen LogP contribution is 2.13. The molecule has 0 unspecified atom stereocenters. The molecule has 0 spiro atoms. The van der Waals surface area contributed by atoms with Gasteiger partial charge >= 0.3 is 0 Å². The first-order valence-corrected chi connectivity index (χ1v) is 4.25. The van der Waals surface area contributed by atoms with Crippen LogP contribution in [0.2, 0.25) is 0 Å². The van der Waals surface area contributed by atoms with Crippen LogP contribution < -0.4 is 0 Å². The Labute approximate surface area is 78.3 Å². The van der Waals surface area contributed by atoms with E-state index in [1.54, 1.807) is 12.4 Å². The Bertz CT molecular complexity index is 319. The Kier molecular flexibility index (Phi) is 3.31. The number of hydrogen-bond donors (Lipinski definition) is 0. The fourth-order valence-electron chi connectivity index (χ4n) is 0.980. The molecule has 0 aromatic carbocycles. The fraction of sp³-hybridized carbons (Fsp3) is 0.300. The molecule has 0 saturated heterocycles. The lowest BCUT2D eigenvalue weighted by atomic mass is 10.1. The highest BCUT2D eigenvalue weighted by atomic mass is 15.0. The molecule has 3 heteroatoms. The van der Waals surface area contributed by atoms with Crippen molar-refractivity contribution in [1.82, 2.24) is 0 Å². The maximum absolute atomic E-state index is 4.23. The zero-order valence-corrected chi connectivity index (χ0v) is 7.99. The summed E-state index contributed by atoms with van der Waals surface area (Å²) in [5, 5.41) is 0. The van der Waals surface area contributed by atoms with Gasteiger partial charge in [0.25, 0.3) is 0 Å². The van der Waals surface area contributed by atoms with Crippen LogP contribution in [0.25, 0.3) is 0 Å². The van der Waals surface area contributed by atoms with Crippen LogP contribution in [0.5, 0.6) is 0 Å². The van der Waals surface area contributed by atoms with E-state index in [0.29, 0.717) is 5.84 Å². The molecule has 1 rings (SSSR count). The normalized spacial score (nSPS) is 22.2. The lowest BCUT2D eigenvalue weighted by Crippen LogP contribution is -2.05. The van der Waals surface area contributed by atoms with Gasteiger partial charge in [-0.3, -0.25) is 4.99 Å². The van der Waals surface area contributed by atoms with E-state index >= 15 is 0 Å². The van der Waals surface area contributed by atoms with Crippen molar-refractivity contribution in [3.05, 3.63) is 24.0 Å². The van der Waals surface area contributed by atoms with Crippen LogP contribution in [-0.4, -0.2) is 18.3 Å². The summed E-state index contributed by atoms with van der Waals surface area (Å²) in [5.41, 5.74) is 2.05. The van der Waals surface area contributed by atoms with E-state index in [1.807, 2.05) is 6.92 Å². The highest BCUT2D eigenvalue weighted by Gasteiger charge is 2.08. The molecule has 1 heterocycles. The van der Waals surface area contributed by atoms with E-state index < -0.39 is 0 Å². The van der Waals surface area contributed by atoms with Crippen molar-refractivity contribution in [3.63, 3.8) is 0 Å². The maximum Gasteiger partial charge on any atom is 0.178 e. The summed E-state index contributed by atoms with van der Waals surface area (Å²) in [6.07, 6.45) is 5.75. The Hall–Kier alpha value is -1.51. The first kappa shape index (κ1) is 9.58. The number of hydrogen-bond acceptors (Lipinski definition) is 2. The molecule has 1 aliphatic rings. The quantitative estimate of drug-likeness (QED) is 0.618. The molecular formula is C10H13N3. The van der Waals surface area contributed by atoms with Crippen molar-refractivity contribution in [3.8, 4) is 0 Å². The van der Waals surface area contributed by atoms with E-state index in [4.69, 9.17) is 0 Å². The molecule has 0 amide bonds. The number of amidine groups is 1. The summed E-state index contributed by atoms with van der Waals surface area (Å²) in [7, 11) is 0. The third-order valence-electron chi connectivity index (χ3n) is 1.83. The van der Waals surface area contributed by atoms with Crippen LogP contribution in [0.15, 0.2) is 39.0 Å². The molecule has 68 valence electrons. The summed E-state index contributed by atoms with van der Waals surface area (Å²) >= 11 is 0. The van der Waals surface area contributed by atoms with E-state index in [2.05, 4.69) is 28.5 Å². The number of nitrogens with zero attached hydrogens (tertiary/aromatic N) is 3. The Morgan fingerprint density at radius 1 is 1.54 bits per heavy atom. The van der Waals surface area contributed by atoms with Gasteiger partial charge in [-0.1, -0.05) is 13.5 Å². The van der Waals surface area contributed by atoms with Crippen molar-refractivity contribution < 1.29 is 0 Å². The lowest BCUT2D eigenvalue weighted by Gasteiger charge is -2.07. The van der Waals surface area contributed by atoms with Gasteiger partial charge in [0.15, 0.2) is 5.84 Å². The first-order chi connectivity index (χ1) is 6.29.